The summed E-state index contributed by atoms with van der Waals surface area (Å²) in [6, 6.07) is 0. The molecule has 0 amide bonds. The van der Waals surface area contributed by atoms with E-state index in [1.165, 1.54) is 0 Å². The maximum absolute atomic E-state index is 10.6. The molecule has 0 saturated carbocycles. The van der Waals surface area contributed by atoms with Crippen molar-refractivity contribution in [1.29, 1.82) is 0 Å². The maximum Gasteiger partial charge on any atom is 4.00 e. The maximum atomic E-state index is 10.6. The molecule has 0 N–H and O–H groups in total. The van der Waals surface area contributed by atoms with Crippen LogP contribution in [-0.4, -0.2) is 107 Å². The van der Waals surface area contributed by atoms with Crippen molar-refractivity contribution in [3.05, 3.63) is 29.2 Å². The van der Waals surface area contributed by atoms with Gasteiger partial charge in [-0.1, -0.05) is 210 Å². The van der Waals surface area contributed by atoms with Gasteiger partial charge in [-0.15, -0.1) is 0 Å². The average molecular weight is 942 g/mol. The van der Waals surface area contributed by atoms with E-state index in [0.29, 0.717) is 0 Å². The van der Waals surface area contributed by atoms with Crippen molar-refractivity contribution < 1.29 is 62.6 Å². The van der Waals surface area contributed by atoms with Gasteiger partial charge in [0.15, 0.2) is 0 Å². The van der Waals surface area contributed by atoms with E-state index in [1.54, 1.807) is 28.2 Å². The number of hydrogen-bond acceptors (Lipinski definition) is 2. The molecule has 0 aromatic rings. The van der Waals surface area contributed by atoms with Crippen LogP contribution in [0.2, 0.25) is 144 Å². The van der Waals surface area contributed by atoms with E-state index in [-0.39, 0.29) is 64.9 Å². The Kier molecular flexibility index (Phi) is 44.8. The molecule has 18 heteroatoms. The van der Waals surface area contributed by atoms with Crippen LogP contribution in [0, 0.1) is 0 Å². The van der Waals surface area contributed by atoms with E-state index in [4.69, 9.17) is 9.30 Å². The molecule has 46 heavy (non-hydrogen) atoms. The molecule has 0 rings (SSSR count). The molecule has 0 aromatic heterocycles. The minimum absolute atomic E-state index is 0. The number of hydrogen-bond donors (Lipinski definition) is 0. The average Bonchev–Trinajstić information content (AvgIpc) is 2.61. The Labute approximate surface area is 339 Å². The normalized spacial score (nSPS) is 12.3. The van der Waals surface area contributed by atoms with Crippen LogP contribution in [-0.2, 0) is 52.4 Å². The largest absolute Gasteiger partial charge is 4.00 e. The molecule has 0 bridgehead atoms. The first-order valence-electron chi connectivity index (χ1n) is 15.9. The fourth-order valence-corrected chi connectivity index (χ4v) is 35.0. The predicted octanol–water partition coefficient (Wildman–Crippen LogP) is 9.89. The molecule has 8 nitrogen and oxygen atoms in total. The Morgan fingerprint density at radius 2 is 0.413 bits per heavy atom. The predicted molar refractivity (Wildman–Crippen MR) is 229 cm³/mol. The van der Waals surface area contributed by atoms with Gasteiger partial charge in [0.2, 0.25) is 0 Å². The summed E-state index contributed by atoms with van der Waals surface area (Å²) in [5.74, 6) is 0. The van der Waals surface area contributed by atoms with Crippen LogP contribution in [0.5, 0.6) is 0 Å². The van der Waals surface area contributed by atoms with Gasteiger partial charge in [0.25, 0.3) is 0 Å². The summed E-state index contributed by atoms with van der Waals surface area (Å²) in [5, 5.41) is 28.2. The second-order valence-electron chi connectivity index (χ2n) is 18.3. The summed E-state index contributed by atoms with van der Waals surface area (Å²) < 4.78 is 18.9. The van der Waals surface area contributed by atoms with Gasteiger partial charge in [0.05, 0.1) is 0 Å². The van der Waals surface area contributed by atoms with E-state index in [2.05, 4.69) is 138 Å². The van der Waals surface area contributed by atoms with Crippen LogP contribution in [0.4, 0.5) is 0 Å². The second-order valence-corrected chi connectivity index (χ2v) is 55.7. The Morgan fingerprint density at radius 3 is 0.435 bits per heavy atom. The third kappa shape index (κ3) is 91.4. The summed E-state index contributed by atoms with van der Waals surface area (Å²) in [5.41, 5.74) is 0. The smallest absolute Gasteiger partial charge is 0.858 e. The topological polar surface area (TPSA) is 131 Å². The van der Waals surface area contributed by atoms with Crippen LogP contribution >= 0.6 is 0 Å². The fourth-order valence-electron chi connectivity index (χ4n) is 3.89. The van der Waals surface area contributed by atoms with Crippen LogP contribution in [0.25, 0.3) is 29.2 Å². The Balaban J connectivity index is -0.0000000649. The zero-order valence-corrected chi connectivity index (χ0v) is 48.8. The molecule has 0 saturated heterocycles. The van der Waals surface area contributed by atoms with Gasteiger partial charge in [0.1, 0.15) is 0 Å². The van der Waals surface area contributed by atoms with Crippen molar-refractivity contribution in [2.75, 3.05) is 40.7 Å². The number of rotatable bonds is 10. The quantitative estimate of drug-likeness (QED) is 0.202. The van der Waals surface area contributed by atoms with E-state index in [9.17, 15) is 10.2 Å². The molecule has 0 fully saturated rings. The fraction of sp³-hybridized carbons (Fsp3) is 1.00. The SMILES string of the molecule is C[N-]C.C[N-]C.C[Si](C)(C)[N-][Si](C)(C)C.C[Si](C)(C)[N-][Si](C)(C)C.C[Si](C)(C)[N-][Si](C)(C)C[O-].C[Si](C)(C)[N-][Si](C)(C)C[O-].[Zr+4].[Zr+4]. The molecule has 0 aliphatic carbocycles. The summed E-state index contributed by atoms with van der Waals surface area (Å²) in [6.07, 6.45) is 0.0779. The van der Waals surface area contributed by atoms with Crippen molar-refractivity contribution in [1.82, 2.24) is 0 Å². The zero-order valence-electron chi connectivity index (χ0n) is 35.9. The van der Waals surface area contributed by atoms with Gasteiger partial charge < -0.3 is 39.4 Å². The van der Waals surface area contributed by atoms with Crippen LogP contribution in [0.1, 0.15) is 0 Å². The zero-order chi connectivity index (χ0) is 37.7. The van der Waals surface area contributed by atoms with Crippen LogP contribution in [0.3, 0.4) is 0 Å². The van der Waals surface area contributed by atoms with Gasteiger partial charge in [-0.3, -0.25) is 0 Å². The Bertz CT molecular complexity index is 581. The van der Waals surface area contributed by atoms with Gasteiger partial charge in [-0.2, -0.15) is 40.7 Å². The summed E-state index contributed by atoms with van der Waals surface area (Å²) in [7, 11) is -3.44. The van der Waals surface area contributed by atoms with E-state index in [0.717, 1.165) is 0 Å². The summed E-state index contributed by atoms with van der Waals surface area (Å²) in [6.45, 7) is 48.8. The van der Waals surface area contributed by atoms with Crippen molar-refractivity contribution in [2.24, 2.45) is 0 Å². The monoisotopic (exact) mass is 938 g/mol. The van der Waals surface area contributed by atoms with Crippen molar-refractivity contribution in [3.63, 3.8) is 0 Å². The first-order chi connectivity index (χ1) is 18.8. The number of nitrogens with zero attached hydrogens (tertiary/aromatic N) is 6. The van der Waals surface area contributed by atoms with Crippen molar-refractivity contribution in [3.8, 4) is 0 Å². The van der Waals surface area contributed by atoms with Crippen LogP contribution < -0.4 is 10.2 Å². The summed E-state index contributed by atoms with van der Waals surface area (Å²) >= 11 is 0. The Hall–Kier alpha value is 3.18. The van der Waals surface area contributed by atoms with E-state index >= 15 is 0 Å². The molecular formula is C28H82N6O2Si8Zr2. The molecule has 0 aliphatic rings. The first-order valence-corrected chi connectivity index (χ1v) is 42.9. The first kappa shape index (κ1) is 67.3. The van der Waals surface area contributed by atoms with E-state index in [1.807, 2.05) is 26.2 Å². The second kappa shape index (κ2) is 30.6. The standard InChI is InChI=1S/2C6H17NOSi2.2C6H18NSi2.2C2H6N.2Zr/c2*1-9(2,3)7-10(4,5)6-8;2*1-8(2,3)7-9(4,5)6;2*1-3-2;;/h2*6H2,1-5H3;2*1-6H3;2*1-2H3;;/q2*-2;4*-1;2*+4. The summed E-state index contributed by atoms with van der Waals surface area (Å²) in [4.78, 5) is 0. The van der Waals surface area contributed by atoms with Gasteiger partial charge >= 0.3 is 52.4 Å². The van der Waals surface area contributed by atoms with Crippen molar-refractivity contribution >= 4 is 65.9 Å². The Morgan fingerprint density at radius 1 is 0.304 bits per heavy atom. The third-order valence-electron chi connectivity index (χ3n) is 3.32. The van der Waals surface area contributed by atoms with Gasteiger partial charge in [-0.25, -0.2) is 0 Å². The molecule has 0 unspecified atom stereocenters. The molecule has 0 aliphatic heterocycles. The van der Waals surface area contributed by atoms with Gasteiger partial charge in [0, 0.05) is 0 Å². The minimum atomic E-state index is -1.68. The van der Waals surface area contributed by atoms with Gasteiger partial charge in [-0.05, 0) is 0 Å². The molecule has 0 radical (unpaired) electrons. The third-order valence-corrected chi connectivity index (χ3v) is 25.7. The molecule has 0 heterocycles. The van der Waals surface area contributed by atoms with Crippen molar-refractivity contribution in [2.45, 2.75) is 144 Å². The van der Waals surface area contributed by atoms with Crippen LogP contribution in [0.15, 0.2) is 0 Å². The minimum Gasteiger partial charge on any atom is -0.858 e. The molecular weight excluding hydrogens is 859 g/mol. The molecule has 0 aromatic carbocycles. The molecule has 276 valence electrons. The molecule has 0 spiro atoms. The molecule has 0 atom stereocenters. The van der Waals surface area contributed by atoms with E-state index < -0.39 is 65.9 Å².